The van der Waals surface area contributed by atoms with Gasteiger partial charge in [-0.2, -0.15) is 0 Å². The quantitative estimate of drug-likeness (QED) is 0.738. The van der Waals surface area contributed by atoms with Crippen molar-refractivity contribution in [3.05, 3.63) is 25.4 Å². The van der Waals surface area contributed by atoms with E-state index in [0.29, 0.717) is 0 Å². The average Bonchev–Trinajstić information content (AvgIpc) is 2.41. The maximum atomic E-state index is 12.2. The van der Waals surface area contributed by atoms with Gasteiger partial charge in [-0.1, -0.05) is 20.8 Å². The Kier molecular flexibility index (Phi) is 3.66. The molecular weight excluding hydrogens is 367 g/mol. The molecule has 3 fully saturated rings. The van der Waals surface area contributed by atoms with Crippen molar-refractivity contribution in [3.63, 3.8) is 0 Å². The van der Waals surface area contributed by atoms with Gasteiger partial charge in [-0.15, -0.1) is 0 Å². The number of H-pyrrole nitrogens is 1. The molecule has 2 bridgehead atoms. The normalized spacial score (nSPS) is 29.7. The van der Waals surface area contributed by atoms with E-state index in [1.54, 1.807) is 0 Å². The molecule has 4 rings (SSSR count). The van der Waals surface area contributed by atoms with Gasteiger partial charge in [-0.25, -0.2) is 4.98 Å². The van der Waals surface area contributed by atoms with Crippen molar-refractivity contribution in [2.45, 2.75) is 32.2 Å². The second-order valence-electron chi connectivity index (χ2n) is 6.72. The van der Waals surface area contributed by atoms with E-state index in [4.69, 9.17) is 4.98 Å². The minimum absolute atomic E-state index is 0.00169. The molecule has 3 aliphatic rings. The Bertz CT molecular complexity index is 570. The van der Waals surface area contributed by atoms with Gasteiger partial charge in [0.25, 0.3) is 5.56 Å². The Morgan fingerprint density at radius 3 is 2.40 bits per heavy atom. The summed E-state index contributed by atoms with van der Waals surface area (Å²) in [5.74, 6) is 0.838. The van der Waals surface area contributed by atoms with E-state index < -0.39 is 0 Å². The summed E-state index contributed by atoms with van der Waals surface area (Å²) in [5, 5.41) is 0. The van der Waals surface area contributed by atoms with Crippen LogP contribution in [0.25, 0.3) is 0 Å². The van der Waals surface area contributed by atoms with Crippen LogP contribution in [0.2, 0.25) is 0 Å². The Morgan fingerprint density at radius 1 is 1.25 bits per heavy atom. The van der Waals surface area contributed by atoms with Crippen molar-refractivity contribution >= 4 is 22.6 Å². The zero-order valence-electron chi connectivity index (χ0n) is 12.2. The van der Waals surface area contributed by atoms with Gasteiger partial charge in [0, 0.05) is 38.1 Å². The molecule has 3 saturated heterocycles. The Labute approximate surface area is 132 Å². The number of rotatable bonds is 1. The van der Waals surface area contributed by atoms with Crippen LogP contribution in [0.3, 0.4) is 0 Å². The van der Waals surface area contributed by atoms with Crippen molar-refractivity contribution in [1.82, 2.24) is 19.8 Å². The van der Waals surface area contributed by atoms with Crippen LogP contribution in [0.4, 0.5) is 0 Å². The molecule has 5 nitrogen and oxygen atoms in total. The van der Waals surface area contributed by atoms with Crippen molar-refractivity contribution in [2.75, 3.05) is 32.7 Å². The summed E-state index contributed by atoms with van der Waals surface area (Å²) >= 11 is 2.11. The summed E-state index contributed by atoms with van der Waals surface area (Å²) in [7, 11) is 0. The van der Waals surface area contributed by atoms with Gasteiger partial charge in [-0.05, 0) is 22.6 Å². The van der Waals surface area contributed by atoms with Gasteiger partial charge >= 0.3 is 0 Å². The average molecular weight is 388 g/mol. The lowest BCUT2D eigenvalue weighted by Gasteiger charge is -2.47. The highest BCUT2D eigenvalue weighted by atomic mass is 127. The lowest BCUT2D eigenvalue weighted by Crippen LogP contribution is -2.57. The minimum Gasteiger partial charge on any atom is -0.308 e. The molecule has 1 aromatic rings. The summed E-state index contributed by atoms with van der Waals surface area (Å²) in [4.78, 5) is 24.9. The zero-order valence-corrected chi connectivity index (χ0v) is 14.4. The van der Waals surface area contributed by atoms with Crippen LogP contribution in [0, 0.1) is 3.57 Å². The third-order valence-electron chi connectivity index (χ3n) is 4.19. The first-order valence-electron chi connectivity index (χ1n) is 7.13. The van der Waals surface area contributed by atoms with Crippen LogP contribution >= 0.6 is 22.6 Å². The molecule has 0 saturated carbocycles. The van der Waals surface area contributed by atoms with Gasteiger partial charge in [0.1, 0.15) is 9.39 Å². The van der Waals surface area contributed by atoms with E-state index in [1.165, 1.54) is 0 Å². The molecule has 4 heterocycles. The third-order valence-corrected chi connectivity index (χ3v) is 5.19. The molecule has 0 amide bonds. The number of nitrogens with one attached hydrogen (secondary N) is 1. The van der Waals surface area contributed by atoms with Gasteiger partial charge in [0.05, 0.1) is 11.7 Å². The fourth-order valence-electron chi connectivity index (χ4n) is 3.01. The Balaban J connectivity index is 2.03. The summed E-state index contributed by atoms with van der Waals surface area (Å²) in [6.07, 6.45) is 0. The summed E-state index contributed by atoms with van der Waals surface area (Å²) in [6, 6.07) is 0.239. The minimum atomic E-state index is -0.108. The van der Waals surface area contributed by atoms with E-state index in [0.717, 1.165) is 47.8 Å². The largest absolute Gasteiger partial charge is 0.308 e. The Hall–Kier alpha value is -0.470. The fourth-order valence-corrected chi connectivity index (χ4v) is 4.07. The monoisotopic (exact) mass is 388 g/mol. The molecule has 1 unspecified atom stereocenters. The van der Waals surface area contributed by atoms with Crippen LogP contribution in [-0.4, -0.2) is 52.5 Å². The van der Waals surface area contributed by atoms with Crippen LogP contribution < -0.4 is 5.56 Å². The van der Waals surface area contributed by atoms with E-state index in [1.807, 2.05) is 0 Å². The highest BCUT2D eigenvalue weighted by Crippen LogP contribution is 2.29. The molecule has 20 heavy (non-hydrogen) atoms. The van der Waals surface area contributed by atoms with E-state index in [-0.39, 0.29) is 17.0 Å². The summed E-state index contributed by atoms with van der Waals surface area (Å²) in [6.45, 7) is 11.7. The second kappa shape index (κ2) is 5.06. The lowest BCUT2D eigenvalue weighted by atomic mass is 9.92. The van der Waals surface area contributed by atoms with Crippen molar-refractivity contribution in [2.24, 2.45) is 0 Å². The molecule has 0 spiro atoms. The van der Waals surface area contributed by atoms with Gasteiger partial charge in [-0.3, -0.25) is 14.6 Å². The van der Waals surface area contributed by atoms with Crippen LogP contribution in [-0.2, 0) is 5.41 Å². The predicted molar refractivity (Wildman–Crippen MR) is 87.0 cm³/mol. The molecule has 1 N–H and O–H groups in total. The summed E-state index contributed by atoms with van der Waals surface area (Å²) in [5.41, 5.74) is 0.802. The number of halogens is 1. The predicted octanol–water partition coefficient (Wildman–Crippen LogP) is 1.34. The molecule has 0 aromatic carbocycles. The smallest absolute Gasteiger partial charge is 0.264 e. The van der Waals surface area contributed by atoms with Crippen molar-refractivity contribution in [1.29, 1.82) is 0 Å². The van der Waals surface area contributed by atoms with Crippen LogP contribution in [0.1, 0.15) is 38.3 Å². The SMILES string of the molecule is CC(C)(C)c1nc(C2CN3CCN2CC3)[nH]c(=O)c1I. The first-order chi connectivity index (χ1) is 9.36. The maximum Gasteiger partial charge on any atom is 0.264 e. The molecule has 0 aliphatic carbocycles. The van der Waals surface area contributed by atoms with E-state index in [2.05, 4.69) is 58.1 Å². The van der Waals surface area contributed by atoms with Gasteiger partial charge < -0.3 is 4.98 Å². The molecule has 0 radical (unpaired) electrons. The maximum absolute atomic E-state index is 12.2. The molecule has 3 aliphatic heterocycles. The van der Waals surface area contributed by atoms with Crippen molar-refractivity contribution in [3.8, 4) is 0 Å². The highest BCUT2D eigenvalue weighted by molar-refractivity contribution is 14.1. The van der Waals surface area contributed by atoms with Crippen LogP contribution in [0.15, 0.2) is 4.79 Å². The molecule has 6 heteroatoms. The molecule has 1 atom stereocenters. The zero-order chi connectivity index (χ0) is 14.5. The number of aromatic amines is 1. The number of hydrogen-bond acceptors (Lipinski definition) is 4. The molecule has 1 aromatic heterocycles. The Morgan fingerprint density at radius 2 is 1.90 bits per heavy atom. The van der Waals surface area contributed by atoms with Crippen LogP contribution in [0.5, 0.6) is 0 Å². The first-order valence-corrected chi connectivity index (χ1v) is 8.21. The number of piperazine rings is 3. The third kappa shape index (κ3) is 2.53. The lowest BCUT2D eigenvalue weighted by molar-refractivity contribution is 0.00836. The van der Waals surface area contributed by atoms with E-state index >= 15 is 0 Å². The fraction of sp³-hybridized carbons (Fsp3) is 0.714. The molecule has 110 valence electrons. The summed E-state index contributed by atoms with van der Waals surface area (Å²) < 4.78 is 0.718. The van der Waals surface area contributed by atoms with Gasteiger partial charge in [0.15, 0.2) is 0 Å². The molecular formula is C14H21IN4O. The number of hydrogen-bond donors (Lipinski definition) is 1. The second-order valence-corrected chi connectivity index (χ2v) is 7.79. The van der Waals surface area contributed by atoms with E-state index in [9.17, 15) is 4.79 Å². The standard InChI is InChI=1S/C14H21IN4O/c1-14(2,3)11-10(15)13(20)17-12(16-11)9-8-18-4-6-19(9)7-5-18/h9H,4-8H2,1-3H3,(H,16,17,20). The number of aromatic nitrogens is 2. The van der Waals surface area contributed by atoms with Crippen molar-refractivity contribution < 1.29 is 0 Å². The highest BCUT2D eigenvalue weighted by Gasteiger charge is 2.35. The number of fused-ring (bicyclic) bond motifs is 3. The van der Waals surface area contributed by atoms with Gasteiger partial charge in [0.2, 0.25) is 0 Å². The topological polar surface area (TPSA) is 52.2 Å². The first kappa shape index (κ1) is 14.5. The number of nitrogens with zero attached hydrogens (tertiary/aromatic N) is 3.